The molecule has 2 rings (SSSR count). The van der Waals surface area contributed by atoms with E-state index in [2.05, 4.69) is 72.0 Å². The first-order chi connectivity index (χ1) is 10.0. The molecule has 3 N–H and O–H groups in total. The maximum atomic E-state index is 5.78. The first-order valence-electron chi connectivity index (χ1n) is 6.28. The summed E-state index contributed by atoms with van der Waals surface area (Å²) < 4.78 is 8.56. The van der Waals surface area contributed by atoms with Crippen LogP contribution in [0.15, 0.2) is 45.3 Å². The van der Waals surface area contributed by atoms with E-state index in [0.717, 1.165) is 26.7 Å². The Morgan fingerprint density at radius 2 is 2.00 bits per heavy atom. The minimum atomic E-state index is 0.0257. The summed E-state index contributed by atoms with van der Waals surface area (Å²) in [5.74, 6) is 6.62. The summed E-state index contributed by atoms with van der Waals surface area (Å²) in [6.07, 6.45) is 0.765. The van der Waals surface area contributed by atoms with Crippen molar-refractivity contribution in [3.05, 3.63) is 60.0 Å². The summed E-state index contributed by atoms with van der Waals surface area (Å²) in [6.45, 7) is 0. The van der Waals surface area contributed by atoms with E-state index in [9.17, 15) is 0 Å². The number of hydrazine groups is 1. The van der Waals surface area contributed by atoms with Crippen LogP contribution < -0.4 is 16.0 Å². The zero-order chi connectivity index (χ0) is 15.4. The SMILES string of the molecule is COc1ccc(Br)c(CC(NN)c2cc(Br)ccc2I)c1. The van der Waals surface area contributed by atoms with Crippen molar-refractivity contribution in [2.45, 2.75) is 12.5 Å². The predicted molar refractivity (Wildman–Crippen MR) is 101 cm³/mol. The highest BCUT2D eigenvalue weighted by atomic mass is 127. The number of halogens is 3. The molecule has 0 aliphatic carbocycles. The molecular weight excluding hydrogens is 511 g/mol. The fourth-order valence-electron chi connectivity index (χ4n) is 2.09. The molecule has 2 aromatic carbocycles. The van der Waals surface area contributed by atoms with E-state index in [1.54, 1.807) is 7.11 Å². The van der Waals surface area contributed by atoms with Gasteiger partial charge in [-0.1, -0.05) is 31.9 Å². The first-order valence-corrected chi connectivity index (χ1v) is 8.95. The molecular formula is C15H15Br2IN2O. The fourth-order valence-corrected chi connectivity index (χ4v) is 3.59. The quantitative estimate of drug-likeness (QED) is 0.341. The van der Waals surface area contributed by atoms with Crippen LogP contribution in [0.2, 0.25) is 0 Å². The van der Waals surface area contributed by atoms with Crippen LogP contribution in [0.25, 0.3) is 0 Å². The molecule has 6 heteroatoms. The van der Waals surface area contributed by atoms with E-state index < -0.39 is 0 Å². The lowest BCUT2D eigenvalue weighted by atomic mass is 9.99. The number of methoxy groups -OCH3 is 1. The Labute approximate surface area is 155 Å². The Morgan fingerprint density at radius 1 is 1.24 bits per heavy atom. The Kier molecular flexibility index (Phi) is 6.49. The van der Waals surface area contributed by atoms with Crippen molar-refractivity contribution in [3.8, 4) is 5.75 Å². The molecule has 0 spiro atoms. The maximum absolute atomic E-state index is 5.78. The van der Waals surface area contributed by atoms with Gasteiger partial charge in [0.1, 0.15) is 5.75 Å². The topological polar surface area (TPSA) is 47.3 Å². The average molecular weight is 526 g/mol. The largest absolute Gasteiger partial charge is 0.497 e. The Bertz CT molecular complexity index is 637. The second-order valence-electron chi connectivity index (χ2n) is 4.55. The molecule has 0 aromatic heterocycles. The molecule has 1 atom stereocenters. The van der Waals surface area contributed by atoms with Crippen LogP contribution in [0.5, 0.6) is 5.75 Å². The predicted octanol–water partition coefficient (Wildman–Crippen LogP) is 4.57. The fraction of sp³-hybridized carbons (Fsp3) is 0.200. The lowest BCUT2D eigenvalue weighted by Crippen LogP contribution is -2.30. The van der Waals surface area contributed by atoms with E-state index in [4.69, 9.17) is 10.6 Å². The van der Waals surface area contributed by atoms with Gasteiger partial charge in [-0.25, -0.2) is 0 Å². The molecule has 0 fully saturated rings. The van der Waals surface area contributed by atoms with Gasteiger partial charge in [0.2, 0.25) is 0 Å². The van der Waals surface area contributed by atoms with Crippen LogP contribution >= 0.6 is 54.5 Å². The van der Waals surface area contributed by atoms with E-state index in [-0.39, 0.29) is 6.04 Å². The molecule has 1 unspecified atom stereocenters. The number of rotatable bonds is 5. The molecule has 2 aromatic rings. The van der Waals surface area contributed by atoms with Gasteiger partial charge in [0, 0.05) is 12.5 Å². The van der Waals surface area contributed by atoms with Gasteiger partial charge >= 0.3 is 0 Å². The molecule has 112 valence electrons. The van der Waals surface area contributed by atoms with Crippen LogP contribution in [0.4, 0.5) is 0 Å². The highest BCUT2D eigenvalue weighted by Gasteiger charge is 2.16. The molecule has 0 aliphatic rings. The van der Waals surface area contributed by atoms with Gasteiger partial charge < -0.3 is 4.74 Å². The molecule has 0 bridgehead atoms. The molecule has 21 heavy (non-hydrogen) atoms. The summed E-state index contributed by atoms with van der Waals surface area (Å²) >= 11 is 9.43. The normalized spacial score (nSPS) is 12.2. The summed E-state index contributed by atoms with van der Waals surface area (Å²) in [7, 11) is 1.67. The Balaban J connectivity index is 2.33. The third-order valence-corrected chi connectivity index (χ3v) is 5.46. The summed E-state index contributed by atoms with van der Waals surface area (Å²) in [5.41, 5.74) is 5.23. The van der Waals surface area contributed by atoms with E-state index in [1.165, 1.54) is 9.13 Å². The third kappa shape index (κ3) is 4.41. The van der Waals surface area contributed by atoms with Crippen LogP contribution in [-0.4, -0.2) is 7.11 Å². The summed E-state index contributed by atoms with van der Waals surface area (Å²) in [6, 6.07) is 12.2. The van der Waals surface area contributed by atoms with Gasteiger partial charge in [0.15, 0.2) is 0 Å². The lowest BCUT2D eigenvalue weighted by molar-refractivity contribution is 0.413. The summed E-state index contributed by atoms with van der Waals surface area (Å²) in [4.78, 5) is 0. The maximum Gasteiger partial charge on any atom is 0.119 e. The minimum Gasteiger partial charge on any atom is -0.497 e. The highest BCUT2D eigenvalue weighted by molar-refractivity contribution is 14.1. The number of nitrogens with one attached hydrogen (secondary N) is 1. The number of ether oxygens (including phenoxy) is 1. The molecule has 0 amide bonds. The van der Waals surface area contributed by atoms with Crippen LogP contribution in [0.3, 0.4) is 0 Å². The Hall–Kier alpha value is -0.150. The van der Waals surface area contributed by atoms with Gasteiger partial charge in [0.05, 0.1) is 13.2 Å². The van der Waals surface area contributed by atoms with Gasteiger partial charge in [-0.15, -0.1) is 0 Å². The number of benzene rings is 2. The molecule has 0 heterocycles. The highest BCUT2D eigenvalue weighted by Crippen LogP contribution is 2.30. The van der Waals surface area contributed by atoms with Crippen molar-refractivity contribution >= 4 is 54.5 Å². The molecule has 0 saturated heterocycles. The summed E-state index contributed by atoms with van der Waals surface area (Å²) in [5, 5.41) is 0. The second kappa shape index (κ2) is 7.92. The number of nitrogens with two attached hydrogens (primary N) is 1. The zero-order valence-corrected chi connectivity index (χ0v) is 16.7. The molecule has 0 aliphatic heterocycles. The van der Waals surface area contributed by atoms with Gasteiger partial charge in [-0.05, 0) is 76.5 Å². The third-order valence-electron chi connectivity index (χ3n) is 3.21. The first kappa shape index (κ1) is 17.2. The molecule has 0 saturated carbocycles. The zero-order valence-electron chi connectivity index (χ0n) is 11.4. The van der Waals surface area contributed by atoms with Crippen LogP contribution in [0, 0.1) is 3.57 Å². The van der Waals surface area contributed by atoms with E-state index in [1.807, 2.05) is 24.3 Å². The van der Waals surface area contributed by atoms with E-state index >= 15 is 0 Å². The average Bonchev–Trinajstić information content (AvgIpc) is 2.49. The van der Waals surface area contributed by atoms with E-state index in [0.29, 0.717) is 0 Å². The van der Waals surface area contributed by atoms with Crippen molar-refractivity contribution in [2.24, 2.45) is 5.84 Å². The second-order valence-corrected chi connectivity index (χ2v) is 7.48. The van der Waals surface area contributed by atoms with Crippen molar-refractivity contribution in [3.63, 3.8) is 0 Å². The molecule has 3 nitrogen and oxygen atoms in total. The van der Waals surface area contributed by atoms with Gasteiger partial charge in [0.25, 0.3) is 0 Å². The van der Waals surface area contributed by atoms with Crippen molar-refractivity contribution in [1.82, 2.24) is 5.43 Å². The van der Waals surface area contributed by atoms with Crippen LogP contribution in [-0.2, 0) is 6.42 Å². The minimum absolute atomic E-state index is 0.0257. The van der Waals surface area contributed by atoms with Gasteiger partial charge in [-0.2, -0.15) is 0 Å². The molecule has 0 radical (unpaired) electrons. The van der Waals surface area contributed by atoms with Gasteiger partial charge in [-0.3, -0.25) is 11.3 Å². The van der Waals surface area contributed by atoms with Crippen molar-refractivity contribution in [2.75, 3.05) is 7.11 Å². The smallest absolute Gasteiger partial charge is 0.119 e. The Morgan fingerprint density at radius 3 is 2.67 bits per heavy atom. The monoisotopic (exact) mass is 524 g/mol. The standard InChI is InChI=1S/C15H15Br2IN2O/c1-21-11-3-4-13(17)9(6-11)7-15(20-19)12-8-10(16)2-5-14(12)18/h2-6,8,15,20H,7,19H2,1H3. The van der Waals surface area contributed by atoms with Crippen LogP contribution in [0.1, 0.15) is 17.2 Å². The number of hydrogen-bond acceptors (Lipinski definition) is 3. The van der Waals surface area contributed by atoms with Crippen molar-refractivity contribution in [1.29, 1.82) is 0 Å². The van der Waals surface area contributed by atoms with Crippen molar-refractivity contribution < 1.29 is 4.74 Å². The number of hydrogen-bond donors (Lipinski definition) is 2. The lowest BCUT2D eigenvalue weighted by Gasteiger charge is -2.19.